The van der Waals surface area contributed by atoms with Crippen LogP contribution in [-0.2, 0) is 52.9 Å². The van der Waals surface area contributed by atoms with Gasteiger partial charge in [-0.3, -0.25) is 40.2 Å². The molecule has 1 amide bonds. The van der Waals surface area contributed by atoms with Crippen molar-refractivity contribution in [1.29, 1.82) is 0 Å². The second-order valence-electron chi connectivity index (χ2n) is 20.7. The first-order valence-corrected chi connectivity index (χ1v) is 29.2. The minimum Gasteiger partial charge on any atom is -0.497 e. The summed E-state index contributed by atoms with van der Waals surface area (Å²) in [6.07, 6.45) is -2.35. The van der Waals surface area contributed by atoms with Crippen LogP contribution in [0.4, 0.5) is 27.8 Å². The van der Waals surface area contributed by atoms with E-state index < -0.39 is 59.5 Å². The fraction of sp³-hybridized carbons (Fsp3) is 0.323. The van der Waals surface area contributed by atoms with Gasteiger partial charge < -0.3 is 37.5 Å². The summed E-state index contributed by atoms with van der Waals surface area (Å²) >= 11 is 0. The van der Waals surface area contributed by atoms with Gasteiger partial charge in [0, 0.05) is 68.4 Å². The third kappa shape index (κ3) is 15.0. The van der Waals surface area contributed by atoms with Gasteiger partial charge in [0.15, 0.2) is 17.4 Å². The molecule has 1 fully saturated rings. The maximum Gasteiger partial charge on any atom is 0.414 e. The molecule has 0 bridgehead atoms. The Bertz CT molecular complexity index is 3540. The highest BCUT2D eigenvalue weighted by molar-refractivity contribution is 7.44. The van der Waals surface area contributed by atoms with E-state index in [4.69, 9.17) is 47.4 Å². The molecule has 1 aliphatic heterocycles. The average molecular weight is 1210 g/mol. The first-order valence-electron chi connectivity index (χ1n) is 28.0. The summed E-state index contributed by atoms with van der Waals surface area (Å²) in [6.45, 7) is 8.20. The summed E-state index contributed by atoms with van der Waals surface area (Å²) in [6, 6.07) is 45.5. The Balaban J connectivity index is 1.10. The van der Waals surface area contributed by atoms with Gasteiger partial charge in [0.1, 0.15) is 29.7 Å². The molecule has 1 N–H and O–H groups in total. The van der Waals surface area contributed by atoms with Crippen molar-refractivity contribution in [1.82, 2.24) is 24.2 Å². The summed E-state index contributed by atoms with van der Waals surface area (Å²) in [7, 11) is 1.20. The number of nitrogens with one attached hydrogen (secondary N) is 1. The number of aromatic nitrogens is 4. The predicted octanol–water partition coefficient (Wildman–Crippen LogP) is 11.9. The summed E-state index contributed by atoms with van der Waals surface area (Å²) in [4.78, 5) is 60.4. The lowest BCUT2D eigenvalue weighted by molar-refractivity contribution is -0.385. The zero-order valence-corrected chi connectivity index (χ0v) is 49.5. The van der Waals surface area contributed by atoms with E-state index in [0.29, 0.717) is 24.2 Å². The first-order chi connectivity index (χ1) is 42.1. The molecule has 0 saturated carbocycles. The van der Waals surface area contributed by atoms with Crippen molar-refractivity contribution >= 4 is 48.8 Å². The van der Waals surface area contributed by atoms with Gasteiger partial charge in [-0.05, 0) is 79.6 Å². The van der Waals surface area contributed by atoms with E-state index >= 15 is 0 Å². The number of fused-ring (bicyclic) bond motifs is 1. The molecule has 5 atom stereocenters. The van der Waals surface area contributed by atoms with Crippen molar-refractivity contribution in [2.45, 2.75) is 89.2 Å². The maximum absolute atomic E-state index is 13.5. The van der Waals surface area contributed by atoms with Crippen molar-refractivity contribution in [3.05, 3.63) is 228 Å². The molecule has 2 aromatic heterocycles. The topological polar surface area (TPSA) is 279 Å². The number of nitro groups is 3. The summed E-state index contributed by atoms with van der Waals surface area (Å²) in [5, 5.41) is 36.7. The Kier molecular flexibility index (Phi) is 20.9. The second kappa shape index (κ2) is 29.0. The van der Waals surface area contributed by atoms with Gasteiger partial charge in [-0.1, -0.05) is 109 Å². The number of anilines is 1. The van der Waals surface area contributed by atoms with Crippen LogP contribution in [0.1, 0.15) is 67.3 Å². The molecule has 6 aromatic carbocycles. The van der Waals surface area contributed by atoms with Crippen LogP contribution in [0.2, 0.25) is 0 Å². The molecule has 0 aliphatic carbocycles. The van der Waals surface area contributed by atoms with Gasteiger partial charge in [0.2, 0.25) is 11.8 Å². The number of carbonyl (C=O) groups excluding carboxylic acids is 1. The fourth-order valence-corrected chi connectivity index (χ4v) is 12.1. The third-order valence-electron chi connectivity index (χ3n) is 14.5. The number of hydrogen-bond acceptors (Lipinski definition) is 19. The highest BCUT2D eigenvalue weighted by atomic mass is 31.2. The number of benzene rings is 6. The lowest BCUT2D eigenvalue weighted by Gasteiger charge is -2.39. The maximum atomic E-state index is 13.5. The van der Waals surface area contributed by atoms with Crippen LogP contribution in [0, 0.1) is 30.3 Å². The number of ether oxygens (including phenoxy) is 6. The Labute approximate surface area is 502 Å². The molecule has 0 spiro atoms. The number of imidazole rings is 1. The van der Waals surface area contributed by atoms with E-state index in [1.807, 2.05) is 113 Å². The van der Waals surface area contributed by atoms with Gasteiger partial charge in [0.05, 0.1) is 54.6 Å². The van der Waals surface area contributed by atoms with Crippen LogP contribution < -0.4 is 14.8 Å². The molecule has 1 unspecified atom stereocenters. The molecule has 24 nitrogen and oxygen atoms in total. The number of methoxy groups -OCH3 is 2. The van der Waals surface area contributed by atoms with E-state index in [1.165, 1.54) is 49.8 Å². The molecule has 8 aromatic rings. The highest BCUT2D eigenvalue weighted by Crippen LogP contribution is 2.52. The predicted molar refractivity (Wildman–Crippen MR) is 322 cm³/mol. The van der Waals surface area contributed by atoms with Gasteiger partial charge in [-0.25, -0.2) is 14.4 Å². The zero-order valence-electron chi connectivity index (χ0n) is 48.7. The lowest BCUT2D eigenvalue weighted by Crippen LogP contribution is -2.42. The molecule has 3 heterocycles. The summed E-state index contributed by atoms with van der Waals surface area (Å²) in [5.74, 6) is 0.406. The largest absolute Gasteiger partial charge is 0.497 e. The number of hydrogen-bond donors (Lipinski definition) is 1. The van der Waals surface area contributed by atoms with E-state index in [1.54, 1.807) is 48.1 Å². The van der Waals surface area contributed by atoms with Crippen molar-refractivity contribution in [2.24, 2.45) is 0 Å². The van der Waals surface area contributed by atoms with E-state index in [0.717, 1.165) is 27.8 Å². The first kappa shape index (κ1) is 62.7. The molecule has 454 valence electrons. The SMILES string of the molecule is COc1ccc(C(OC[C@H]2O[C@@H](n3cnc4c(OCCc5ccc([N+](=O)[O-])cc5)nc(NC(=O)OCCc5ccc([N+](=O)[O-])cc5)nc43)[C@H](OC)[C@@H]2OP(OCCc2ccc([N+](=O)[O-])cc2)N(C(C)C)C(C)C)(c2ccccc2)c2ccccc2)cc1. The zero-order chi connectivity index (χ0) is 61.6. The standard InChI is InChI=1S/C62H66N9O15P/c1-41(2)68(42(3)4)87(84-38-35-45-21-29-51(30-22-45)71(77)78)86-55-53(39-83-62(46-13-9-7-10-14-46,47-15-11-8-12-16-47)48-23-31-52(79-5)32-24-48)85-59(56(55)80-6)67-40-63-54-57(67)64-60(65-58(54)81-36-33-43-17-25-49(26-18-43)69(73)74)66-61(72)82-37-34-44-19-27-50(28-20-44)70(75)76/h7-32,40-42,53,55-56,59H,33-39H2,1-6H3,(H,64,65,66,72)/t53-,55-,56-,59-,87?/m1/s1. The van der Waals surface area contributed by atoms with Gasteiger partial charge in [0.25, 0.3) is 25.6 Å². The van der Waals surface area contributed by atoms with Crippen LogP contribution in [0.25, 0.3) is 11.2 Å². The van der Waals surface area contributed by atoms with Gasteiger partial charge in [-0.15, -0.1) is 0 Å². The molecule has 9 rings (SSSR count). The van der Waals surface area contributed by atoms with Crippen LogP contribution >= 0.6 is 8.53 Å². The fourth-order valence-electron chi connectivity index (χ4n) is 10.3. The quantitative estimate of drug-likeness (QED) is 0.0197. The van der Waals surface area contributed by atoms with E-state index in [2.05, 4.69) is 15.0 Å². The minimum atomic E-state index is -1.95. The third-order valence-corrected chi connectivity index (χ3v) is 16.6. The van der Waals surface area contributed by atoms with Gasteiger partial charge in [-0.2, -0.15) is 9.97 Å². The van der Waals surface area contributed by atoms with E-state index in [-0.39, 0.29) is 85.0 Å². The van der Waals surface area contributed by atoms with Crippen LogP contribution in [0.5, 0.6) is 11.6 Å². The Morgan fingerprint density at radius 1 is 0.667 bits per heavy atom. The molecule has 1 aliphatic rings. The monoisotopic (exact) mass is 1210 g/mol. The molecular formula is C62H66N9O15P. The average Bonchev–Trinajstić information content (AvgIpc) is 2.12. The number of nitrogens with zero attached hydrogens (tertiary/aromatic N) is 8. The number of rotatable bonds is 29. The molecule has 25 heteroatoms. The summed E-state index contributed by atoms with van der Waals surface area (Å²) < 4.78 is 56.6. The van der Waals surface area contributed by atoms with Crippen LogP contribution in [0.15, 0.2) is 164 Å². The van der Waals surface area contributed by atoms with Crippen molar-refractivity contribution in [3.8, 4) is 11.6 Å². The van der Waals surface area contributed by atoms with Gasteiger partial charge >= 0.3 is 6.09 Å². The van der Waals surface area contributed by atoms with Crippen LogP contribution in [-0.4, -0.2) is 116 Å². The van der Waals surface area contributed by atoms with E-state index in [9.17, 15) is 35.1 Å². The molecule has 1 saturated heterocycles. The van der Waals surface area contributed by atoms with Crippen molar-refractivity contribution < 1.29 is 57.0 Å². The smallest absolute Gasteiger partial charge is 0.414 e. The lowest BCUT2D eigenvalue weighted by atomic mass is 9.80. The van der Waals surface area contributed by atoms with Crippen molar-refractivity contribution in [3.63, 3.8) is 0 Å². The Hall–Kier alpha value is -8.87. The normalized spacial score (nSPS) is 16.3. The van der Waals surface area contributed by atoms with Crippen LogP contribution in [0.3, 0.4) is 0 Å². The Morgan fingerprint density at radius 2 is 1.17 bits per heavy atom. The summed E-state index contributed by atoms with van der Waals surface area (Å²) in [5.41, 5.74) is 3.63. The molecule has 87 heavy (non-hydrogen) atoms. The Morgan fingerprint density at radius 3 is 1.67 bits per heavy atom. The number of amides is 1. The molecule has 0 radical (unpaired) electrons. The van der Waals surface area contributed by atoms with Crippen molar-refractivity contribution in [2.75, 3.05) is 46.0 Å². The number of non-ortho nitro benzene ring substituents is 3. The molecular weight excluding hydrogens is 1140 g/mol. The number of nitro benzene ring substituents is 3. The number of carbonyl (C=O) groups is 1. The minimum absolute atomic E-state index is 0.0223. The highest BCUT2D eigenvalue weighted by Gasteiger charge is 2.51. The second-order valence-corrected chi connectivity index (χ2v) is 22.1.